The summed E-state index contributed by atoms with van der Waals surface area (Å²) in [5.41, 5.74) is 0.0730. The van der Waals surface area contributed by atoms with Gasteiger partial charge in [-0.2, -0.15) is 0 Å². The number of rotatable bonds is 4. The van der Waals surface area contributed by atoms with Crippen LogP contribution in [0.15, 0.2) is 47.7 Å². The van der Waals surface area contributed by atoms with Crippen LogP contribution in [0.2, 0.25) is 0 Å². The summed E-state index contributed by atoms with van der Waals surface area (Å²) in [6.45, 7) is 0. The molecule has 7 heteroatoms. The molecule has 0 aliphatic carbocycles. The number of halogens is 2. The molecule has 3 aromatic rings. The molecule has 1 aromatic carbocycles. The molecule has 0 aliphatic rings. The minimum atomic E-state index is -1.09. The molecule has 0 aliphatic heterocycles. The first kappa shape index (κ1) is 17.6. The van der Waals surface area contributed by atoms with Crippen LogP contribution in [-0.4, -0.2) is 34.3 Å². The van der Waals surface area contributed by atoms with Gasteiger partial charge in [-0.15, -0.1) is 0 Å². The van der Waals surface area contributed by atoms with Gasteiger partial charge in [0.15, 0.2) is 17.4 Å². The van der Waals surface area contributed by atoms with E-state index in [2.05, 4.69) is 4.98 Å². The zero-order valence-electron chi connectivity index (χ0n) is 14.5. The standard InChI is InChI=1S/C19H17F2N3O2/c1-23(2)10-14(11-5-4-6-15(20)16(11)21)18(25)13-9-22-17-12(13)7-8-24(3)19(17)26/h4-10,22H,1-3H3/b14-10+. The number of carbonyl (C=O) groups is 1. The van der Waals surface area contributed by atoms with Crippen LogP contribution in [0.1, 0.15) is 15.9 Å². The summed E-state index contributed by atoms with van der Waals surface area (Å²) in [5.74, 6) is -2.64. The Labute approximate surface area is 148 Å². The Bertz CT molecular complexity index is 1090. The van der Waals surface area contributed by atoms with Crippen LogP contribution < -0.4 is 5.56 Å². The van der Waals surface area contributed by atoms with E-state index in [1.807, 2.05) is 0 Å². The molecule has 0 saturated heterocycles. The van der Waals surface area contributed by atoms with Crippen molar-refractivity contribution in [3.63, 3.8) is 0 Å². The number of aryl methyl sites for hydroxylation is 1. The molecule has 0 saturated carbocycles. The number of H-pyrrole nitrogens is 1. The molecule has 0 fully saturated rings. The summed E-state index contributed by atoms with van der Waals surface area (Å²) in [7, 11) is 4.95. The predicted molar refractivity (Wildman–Crippen MR) is 95.9 cm³/mol. The van der Waals surface area contributed by atoms with Gasteiger partial charge in [0.25, 0.3) is 5.56 Å². The number of fused-ring (bicyclic) bond motifs is 1. The highest BCUT2D eigenvalue weighted by atomic mass is 19.2. The number of hydrogen-bond donors (Lipinski definition) is 1. The highest BCUT2D eigenvalue weighted by molar-refractivity contribution is 6.32. The third-order valence-electron chi connectivity index (χ3n) is 4.04. The Morgan fingerprint density at radius 3 is 2.62 bits per heavy atom. The lowest BCUT2D eigenvalue weighted by Crippen LogP contribution is -2.16. The molecule has 134 valence electrons. The molecular formula is C19H17F2N3O2. The molecule has 5 nitrogen and oxygen atoms in total. The fraction of sp³-hybridized carbons (Fsp3) is 0.158. The van der Waals surface area contributed by atoms with Crippen LogP contribution in [0.4, 0.5) is 8.78 Å². The first-order valence-electron chi connectivity index (χ1n) is 7.85. The van der Waals surface area contributed by atoms with Crippen molar-refractivity contribution >= 4 is 22.3 Å². The lowest BCUT2D eigenvalue weighted by Gasteiger charge is -2.12. The predicted octanol–water partition coefficient (Wildman–Crippen LogP) is 2.93. The molecule has 0 atom stereocenters. The molecule has 0 amide bonds. The Balaban J connectivity index is 2.21. The number of aromatic amines is 1. The molecule has 0 bridgehead atoms. The molecule has 2 aromatic heterocycles. The maximum atomic E-state index is 14.3. The molecule has 3 rings (SSSR count). The van der Waals surface area contributed by atoms with E-state index in [-0.39, 0.29) is 27.8 Å². The van der Waals surface area contributed by atoms with Crippen molar-refractivity contribution in [2.24, 2.45) is 7.05 Å². The zero-order valence-corrected chi connectivity index (χ0v) is 14.5. The summed E-state index contributed by atoms with van der Waals surface area (Å²) in [6, 6.07) is 5.32. The van der Waals surface area contributed by atoms with Gasteiger partial charge in [-0.25, -0.2) is 8.78 Å². The first-order valence-corrected chi connectivity index (χ1v) is 7.85. The number of nitrogens with one attached hydrogen (secondary N) is 1. The number of allylic oxidation sites excluding steroid dienone is 1. The van der Waals surface area contributed by atoms with Crippen LogP contribution in [0.5, 0.6) is 0 Å². The number of benzene rings is 1. The normalized spacial score (nSPS) is 11.8. The number of hydrogen-bond acceptors (Lipinski definition) is 3. The Hall–Kier alpha value is -3.22. The summed E-state index contributed by atoms with van der Waals surface area (Å²) < 4.78 is 29.3. The van der Waals surface area contributed by atoms with Crippen molar-refractivity contribution in [3.8, 4) is 0 Å². The van der Waals surface area contributed by atoms with E-state index >= 15 is 0 Å². The lowest BCUT2D eigenvalue weighted by molar-refractivity contribution is 0.105. The smallest absolute Gasteiger partial charge is 0.274 e. The van der Waals surface area contributed by atoms with Crippen LogP contribution in [0.25, 0.3) is 16.5 Å². The van der Waals surface area contributed by atoms with E-state index in [1.165, 1.54) is 29.1 Å². The van der Waals surface area contributed by atoms with Crippen LogP contribution in [0.3, 0.4) is 0 Å². The topological polar surface area (TPSA) is 58.1 Å². The zero-order chi connectivity index (χ0) is 19.0. The minimum absolute atomic E-state index is 0.00595. The number of pyridine rings is 1. The third-order valence-corrected chi connectivity index (χ3v) is 4.04. The second-order valence-corrected chi connectivity index (χ2v) is 6.16. The highest BCUT2D eigenvalue weighted by Gasteiger charge is 2.23. The second kappa shape index (κ2) is 6.59. The number of nitrogens with zero attached hydrogens (tertiary/aromatic N) is 2. The van der Waals surface area contributed by atoms with Crippen molar-refractivity contribution in [2.45, 2.75) is 0 Å². The quantitative estimate of drug-likeness (QED) is 0.577. The average molecular weight is 357 g/mol. The summed E-state index contributed by atoms with van der Waals surface area (Å²) >= 11 is 0. The minimum Gasteiger partial charge on any atom is -0.383 e. The van der Waals surface area contributed by atoms with Crippen molar-refractivity contribution in [2.75, 3.05) is 14.1 Å². The maximum Gasteiger partial charge on any atom is 0.274 e. The van der Waals surface area contributed by atoms with Crippen molar-refractivity contribution in [1.29, 1.82) is 0 Å². The number of carbonyl (C=O) groups excluding carboxylic acids is 1. The van der Waals surface area contributed by atoms with Gasteiger partial charge in [0, 0.05) is 61.8 Å². The van der Waals surface area contributed by atoms with E-state index in [4.69, 9.17) is 0 Å². The second-order valence-electron chi connectivity index (χ2n) is 6.16. The monoisotopic (exact) mass is 357 g/mol. The fourth-order valence-electron chi connectivity index (χ4n) is 2.77. The van der Waals surface area contributed by atoms with Crippen LogP contribution >= 0.6 is 0 Å². The molecule has 0 spiro atoms. The number of Topliss-reactive ketones (excluding diaryl/α,β-unsaturated/α-hetero) is 1. The highest BCUT2D eigenvalue weighted by Crippen LogP contribution is 2.27. The SMILES string of the molecule is CN(C)/C=C(/C(=O)c1c[nH]c2c(=O)n(C)ccc12)c1cccc(F)c1F. The fourth-order valence-corrected chi connectivity index (χ4v) is 2.77. The molecule has 2 heterocycles. The molecular weight excluding hydrogens is 340 g/mol. The Morgan fingerprint density at radius 1 is 1.19 bits per heavy atom. The van der Waals surface area contributed by atoms with Crippen LogP contribution in [0, 0.1) is 11.6 Å². The molecule has 0 radical (unpaired) electrons. The Morgan fingerprint density at radius 2 is 1.92 bits per heavy atom. The molecule has 26 heavy (non-hydrogen) atoms. The van der Waals surface area contributed by atoms with Gasteiger partial charge in [0.1, 0.15) is 5.52 Å². The van der Waals surface area contributed by atoms with Crippen molar-refractivity contribution in [1.82, 2.24) is 14.5 Å². The van der Waals surface area contributed by atoms with Gasteiger partial charge in [0.2, 0.25) is 0 Å². The third kappa shape index (κ3) is 2.92. The number of ketones is 1. The first-order chi connectivity index (χ1) is 12.3. The van der Waals surface area contributed by atoms with Gasteiger partial charge < -0.3 is 14.5 Å². The Kier molecular flexibility index (Phi) is 4.46. The summed E-state index contributed by atoms with van der Waals surface area (Å²) in [6.07, 6.45) is 4.39. The van der Waals surface area contributed by atoms with Crippen molar-refractivity contribution < 1.29 is 13.6 Å². The van der Waals surface area contributed by atoms with E-state index < -0.39 is 17.4 Å². The van der Waals surface area contributed by atoms with E-state index in [9.17, 15) is 18.4 Å². The van der Waals surface area contributed by atoms with Gasteiger partial charge in [-0.05, 0) is 12.1 Å². The van der Waals surface area contributed by atoms with Gasteiger partial charge in [-0.1, -0.05) is 12.1 Å². The van der Waals surface area contributed by atoms with Gasteiger partial charge in [-0.3, -0.25) is 9.59 Å². The largest absolute Gasteiger partial charge is 0.383 e. The van der Waals surface area contributed by atoms with E-state index in [0.29, 0.717) is 5.39 Å². The molecule has 0 unspecified atom stereocenters. The van der Waals surface area contributed by atoms with E-state index in [0.717, 1.165) is 6.07 Å². The van der Waals surface area contributed by atoms with Crippen molar-refractivity contribution in [3.05, 3.63) is 76.0 Å². The van der Waals surface area contributed by atoms with Crippen LogP contribution in [-0.2, 0) is 7.05 Å². The number of aromatic nitrogens is 2. The van der Waals surface area contributed by atoms with E-state index in [1.54, 1.807) is 38.3 Å². The summed E-state index contributed by atoms with van der Waals surface area (Å²) in [5, 5.41) is 0.430. The lowest BCUT2D eigenvalue weighted by atomic mass is 9.96. The van der Waals surface area contributed by atoms with Gasteiger partial charge in [0.05, 0.1) is 0 Å². The molecule has 1 N–H and O–H groups in total. The average Bonchev–Trinajstić information content (AvgIpc) is 3.03. The summed E-state index contributed by atoms with van der Waals surface area (Å²) in [4.78, 5) is 29.6. The maximum absolute atomic E-state index is 14.3. The van der Waals surface area contributed by atoms with Gasteiger partial charge >= 0.3 is 0 Å².